The lowest BCUT2D eigenvalue weighted by Gasteiger charge is -2.23. The van der Waals surface area contributed by atoms with Crippen LogP contribution < -0.4 is 31.7 Å². The molecule has 1 aliphatic rings. The average Bonchev–Trinajstić information content (AvgIpc) is 2.89. The van der Waals surface area contributed by atoms with Gasteiger partial charge in [0, 0.05) is 30.4 Å². The average molecular weight is 530 g/mol. The summed E-state index contributed by atoms with van der Waals surface area (Å²) in [6.45, 7) is 1.75. The van der Waals surface area contributed by atoms with Crippen LogP contribution >= 0.6 is 0 Å². The molecule has 0 aliphatic carbocycles. The lowest BCUT2D eigenvalue weighted by Crippen LogP contribution is -2.46. The van der Waals surface area contributed by atoms with E-state index in [0.717, 1.165) is 37.1 Å². The number of nitrogens with one attached hydrogen (secondary N) is 4. The zero-order chi connectivity index (χ0) is 27.1. The number of urea groups is 1. The number of piperidine rings is 1. The number of carbonyl (C=O) groups is 2. The van der Waals surface area contributed by atoms with Gasteiger partial charge in [-0.1, -0.05) is 18.2 Å². The predicted octanol–water partition coefficient (Wildman–Crippen LogP) is 3.43. The second kappa shape index (κ2) is 11.8. The van der Waals surface area contributed by atoms with Crippen molar-refractivity contribution in [3.05, 3.63) is 66.0 Å². The van der Waals surface area contributed by atoms with E-state index in [1.54, 1.807) is 24.3 Å². The van der Waals surface area contributed by atoms with Gasteiger partial charge in [0.05, 0.1) is 11.9 Å². The van der Waals surface area contributed by atoms with Crippen LogP contribution in [0.5, 0.6) is 5.75 Å². The van der Waals surface area contributed by atoms with Crippen LogP contribution in [0.2, 0.25) is 0 Å². The van der Waals surface area contributed by atoms with Gasteiger partial charge in [-0.05, 0) is 55.3 Å². The maximum Gasteiger partial charge on any atom is 0.573 e. The van der Waals surface area contributed by atoms with E-state index in [9.17, 15) is 22.8 Å². The van der Waals surface area contributed by atoms with Crippen molar-refractivity contribution in [1.29, 1.82) is 0 Å². The van der Waals surface area contributed by atoms with E-state index < -0.39 is 24.1 Å². The molecule has 1 atom stereocenters. The quantitative estimate of drug-likeness (QED) is 0.316. The summed E-state index contributed by atoms with van der Waals surface area (Å²) >= 11 is 0. The summed E-state index contributed by atoms with van der Waals surface area (Å²) < 4.78 is 40.6. The SMILES string of the molecule is Nc1ncc(-c2cccc(CNC(=O)Nc3ccc(OC(F)(F)F)cc3)c2)nc1C(=O)N[C@H]1CCCNC1. The number of hydrogen-bond donors (Lipinski definition) is 5. The fraction of sp³-hybridized carbons (Fsp3) is 0.280. The van der Waals surface area contributed by atoms with Gasteiger partial charge in [-0.25, -0.2) is 14.8 Å². The van der Waals surface area contributed by atoms with Gasteiger partial charge in [0.25, 0.3) is 5.91 Å². The van der Waals surface area contributed by atoms with Crippen LogP contribution in [0.3, 0.4) is 0 Å². The number of nitrogens with zero attached hydrogens (tertiary/aromatic N) is 2. The Kier molecular flexibility index (Phi) is 8.26. The van der Waals surface area contributed by atoms with Crippen LogP contribution in [-0.4, -0.2) is 47.4 Å². The number of hydrogen-bond acceptors (Lipinski definition) is 7. The highest BCUT2D eigenvalue weighted by Gasteiger charge is 2.31. The first-order chi connectivity index (χ1) is 18.2. The topological polar surface area (TPSA) is 143 Å². The van der Waals surface area contributed by atoms with Crippen molar-refractivity contribution in [2.24, 2.45) is 0 Å². The van der Waals surface area contributed by atoms with Gasteiger partial charge in [-0.15, -0.1) is 13.2 Å². The van der Waals surface area contributed by atoms with Crippen molar-refractivity contribution >= 4 is 23.4 Å². The molecule has 3 aromatic rings. The molecule has 0 unspecified atom stereocenters. The van der Waals surface area contributed by atoms with Crippen LogP contribution in [0.4, 0.5) is 29.5 Å². The second-order valence-corrected chi connectivity index (χ2v) is 8.59. The van der Waals surface area contributed by atoms with E-state index in [0.29, 0.717) is 17.8 Å². The van der Waals surface area contributed by atoms with Crippen molar-refractivity contribution in [3.8, 4) is 17.0 Å². The molecular formula is C25H26F3N7O3. The third-order valence-corrected chi connectivity index (χ3v) is 5.67. The van der Waals surface area contributed by atoms with E-state index >= 15 is 0 Å². The molecule has 1 aliphatic heterocycles. The lowest BCUT2D eigenvalue weighted by atomic mass is 10.1. The molecule has 2 heterocycles. The molecule has 4 rings (SSSR count). The Hall–Kier alpha value is -4.39. The first-order valence-electron chi connectivity index (χ1n) is 11.8. The summed E-state index contributed by atoms with van der Waals surface area (Å²) in [5.74, 6) is -0.752. The number of benzene rings is 2. The van der Waals surface area contributed by atoms with Crippen LogP contribution in [0.15, 0.2) is 54.7 Å². The molecule has 200 valence electrons. The molecule has 0 radical (unpaired) electrons. The molecule has 6 N–H and O–H groups in total. The number of aromatic nitrogens is 2. The highest BCUT2D eigenvalue weighted by Crippen LogP contribution is 2.24. The molecule has 1 saturated heterocycles. The molecule has 0 spiro atoms. The molecule has 1 fully saturated rings. The molecule has 38 heavy (non-hydrogen) atoms. The van der Waals surface area contributed by atoms with Gasteiger partial charge in [-0.2, -0.15) is 0 Å². The van der Waals surface area contributed by atoms with E-state index in [-0.39, 0.29) is 29.8 Å². The maximum atomic E-state index is 12.8. The fourth-order valence-electron chi connectivity index (χ4n) is 3.87. The summed E-state index contributed by atoms with van der Waals surface area (Å²) in [6, 6.07) is 11.4. The Balaban J connectivity index is 1.36. The van der Waals surface area contributed by atoms with Gasteiger partial charge in [0.2, 0.25) is 0 Å². The summed E-state index contributed by atoms with van der Waals surface area (Å²) in [7, 11) is 0. The van der Waals surface area contributed by atoms with Crippen LogP contribution in [-0.2, 0) is 6.54 Å². The number of ether oxygens (including phenoxy) is 1. The van der Waals surface area contributed by atoms with E-state index in [4.69, 9.17) is 5.73 Å². The van der Waals surface area contributed by atoms with Crippen molar-refractivity contribution in [2.45, 2.75) is 31.8 Å². The largest absolute Gasteiger partial charge is 0.573 e. The third kappa shape index (κ3) is 7.56. The number of nitrogens with two attached hydrogens (primary N) is 1. The Labute approximate surface area is 216 Å². The molecule has 0 bridgehead atoms. The molecule has 2 aromatic carbocycles. The molecular weight excluding hydrogens is 503 g/mol. The smallest absolute Gasteiger partial charge is 0.406 e. The first-order valence-corrected chi connectivity index (χ1v) is 11.8. The van der Waals surface area contributed by atoms with Gasteiger partial charge in [0.1, 0.15) is 5.75 Å². The van der Waals surface area contributed by atoms with Gasteiger partial charge < -0.3 is 31.7 Å². The number of rotatable bonds is 7. The van der Waals surface area contributed by atoms with Crippen molar-refractivity contribution in [3.63, 3.8) is 0 Å². The molecule has 10 nitrogen and oxygen atoms in total. The fourth-order valence-corrected chi connectivity index (χ4v) is 3.87. The zero-order valence-electron chi connectivity index (χ0n) is 20.1. The number of halogens is 3. The van der Waals surface area contributed by atoms with Crippen LogP contribution in [0.1, 0.15) is 28.9 Å². The highest BCUT2D eigenvalue weighted by molar-refractivity contribution is 5.97. The number of alkyl halides is 3. The predicted molar refractivity (Wildman–Crippen MR) is 134 cm³/mol. The maximum absolute atomic E-state index is 12.8. The number of amides is 3. The lowest BCUT2D eigenvalue weighted by molar-refractivity contribution is -0.274. The van der Waals surface area contributed by atoms with Gasteiger partial charge >= 0.3 is 12.4 Å². The Morgan fingerprint density at radius 3 is 2.66 bits per heavy atom. The summed E-state index contributed by atoms with van der Waals surface area (Å²) in [5, 5.41) is 11.4. The summed E-state index contributed by atoms with van der Waals surface area (Å²) in [4.78, 5) is 33.6. The van der Waals surface area contributed by atoms with Crippen molar-refractivity contribution in [2.75, 3.05) is 24.1 Å². The number of carbonyl (C=O) groups excluding carboxylic acids is 2. The summed E-state index contributed by atoms with van der Waals surface area (Å²) in [6.07, 6.45) is -1.49. The minimum atomic E-state index is -4.79. The zero-order valence-corrected chi connectivity index (χ0v) is 20.1. The second-order valence-electron chi connectivity index (χ2n) is 8.59. The number of nitrogen functional groups attached to an aromatic ring is 1. The first kappa shape index (κ1) is 26.7. The molecule has 1 aromatic heterocycles. The van der Waals surface area contributed by atoms with Crippen molar-refractivity contribution < 1.29 is 27.5 Å². The molecule has 0 saturated carbocycles. The number of anilines is 2. The monoisotopic (exact) mass is 529 g/mol. The summed E-state index contributed by atoms with van der Waals surface area (Å²) in [5.41, 5.74) is 8.11. The standard InChI is InChI=1S/C25H26F3N7O3/c26-25(27,28)38-19-8-6-17(7-9-19)34-24(37)32-12-15-3-1-4-16(11-15)20-14-31-22(29)21(35-20)23(36)33-18-5-2-10-30-13-18/h1,3-4,6-9,11,14,18,30H,2,5,10,12-13H2,(H2,29,31)(H,33,36)(H2,32,34,37)/t18-/m0/s1. The van der Waals surface area contributed by atoms with Crippen LogP contribution in [0, 0.1) is 0 Å². The molecule has 3 amide bonds. The Bertz CT molecular complexity index is 1280. The minimum absolute atomic E-state index is 0.00665. The van der Waals surface area contributed by atoms with Gasteiger partial charge in [-0.3, -0.25) is 4.79 Å². The molecule has 13 heteroatoms. The van der Waals surface area contributed by atoms with E-state index in [1.165, 1.54) is 18.3 Å². The minimum Gasteiger partial charge on any atom is -0.406 e. The van der Waals surface area contributed by atoms with Crippen molar-refractivity contribution in [1.82, 2.24) is 25.9 Å². The van der Waals surface area contributed by atoms with Gasteiger partial charge in [0.15, 0.2) is 11.5 Å². The Morgan fingerprint density at radius 2 is 1.95 bits per heavy atom. The highest BCUT2D eigenvalue weighted by atomic mass is 19.4. The van der Waals surface area contributed by atoms with E-state index in [2.05, 4.69) is 36.0 Å². The Morgan fingerprint density at radius 1 is 1.16 bits per heavy atom. The van der Waals surface area contributed by atoms with E-state index in [1.807, 2.05) is 0 Å². The third-order valence-electron chi connectivity index (χ3n) is 5.67. The van der Waals surface area contributed by atoms with Crippen LogP contribution in [0.25, 0.3) is 11.3 Å². The normalized spacial score (nSPS) is 15.4.